The van der Waals surface area contributed by atoms with Gasteiger partial charge in [0.2, 0.25) is 0 Å². The fourth-order valence-electron chi connectivity index (χ4n) is 3.43. The Labute approximate surface area is 165 Å². The van der Waals surface area contributed by atoms with Gasteiger partial charge in [0.15, 0.2) is 5.67 Å². The molecule has 0 saturated heterocycles. The zero-order chi connectivity index (χ0) is 19.9. The van der Waals surface area contributed by atoms with Crippen LogP contribution in [0.5, 0.6) is 0 Å². The first-order valence-electron chi connectivity index (χ1n) is 8.65. The number of carboxylic acid groups (broad SMARTS) is 1. The van der Waals surface area contributed by atoms with Crippen molar-refractivity contribution >= 4 is 39.7 Å². The summed E-state index contributed by atoms with van der Waals surface area (Å²) < 4.78 is 15.8. The molecule has 6 heteroatoms. The van der Waals surface area contributed by atoms with E-state index in [9.17, 15) is 9.90 Å². The average Bonchev–Trinajstić information content (AvgIpc) is 2.68. The van der Waals surface area contributed by atoms with Gasteiger partial charge in [-0.1, -0.05) is 54.1 Å². The molecule has 0 amide bonds. The summed E-state index contributed by atoms with van der Waals surface area (Å²) in [5.41, 5.74) is 5.79. The zero-order valence-electron chi connectivity index (χ0n) is 14.7. The van der Waals surface area contributed by atoms with Gasteiger partial charge in [0.1, 0.15) is 5.69 Å². The molecule has 0 spiro atoms. The van der Waals surface area contributed by atoms with Crippen LogP contribution in [0, 0.1) is 0 Å². The van der Waals surface area contributed by atoms with Gasteiger partial charge in [0, 0.05) is 16.8 Å². The second kappa shape index (κ2) is 6.77. The molecule has 1 unspecified atom stereocenters. The van der Waals surface area contributed by atoms with Crippen LogP contribution in [-0.4, -0.2) is 16.1 Å². The molecule has 3 N–H and O–H groups in total. The first-order valence-corrected chi connectivity index (χ1v) is 9.03. The van der Waals surface area contributed by atoms with Gasteiger partial charge in [-0.25, -0.2) is 14.2 Å². The number of hydrogen-bond acceptors (Lipinski definition) is 3. The predicted molar refractivity (Wildman–Crippen MR) is 109 cm³/mol. The Morgan fingerprint density at radius 3 is 2.61 bits per heavy atom. The summed E-state index contributed by atoms with van der Waals surface area (Å²) in [6.45, 7) is 0. The second-order valence-corrected chi connectivity index (χ2v) is 7.08. The van der Waals surface area contributed by atoms with Gasteiger partial charge in [-0.15, -0.1) is 0 Å². The van der Waals surface area contributed by atoms with E-state index in [2.05, 4.69) is 4.98 Å². The van der Waals surface area contributed by atoms with Crippen molar-refractivity contribution in [2.45, 2.75) is 12.1 Å². The number of halogens is 2. The topological polar surface area (TPSA) is 76.2 Å². The molecule has 0 saturated carbocycles. The number of pyridine rings is 1. The molecule has 1 heterocycles. The molecule has 0 radical (unpaired) electrons. The van der Waals surface area contributed by atoms with Crippen LogP contribution in [0.3, 0.4) is 0 Å². The third-order valence-electron chi connectivity index (χ3n) is 4.85. The van der Waals surface area contributed by atoms with E-state index < -0.39 is 11.6 Å². The molecule has 2 aromatic carbocycles. The number of nitrogens with zero attached hydrogens (tertiary/aromatic N) is 1. The Bertz CT molecular complexity index is 1160. The van der Waals surface area contributed by atoms with Gasteiger partial charge in [-0.3, -0.25) is 0 Å². The van der Waals surface area contributed by atoms with E-state index >= 15 is 4.39 Å². The average molecular weight is 395 g/mol. The molecule has 3 aromatic rings. The van der Waals surface area contributed by atoms with Crippen molar-refractivity contribution in [3.8, 4) is 0 Å². The number of nitrogens with two attached hydrogens (primary N) is 1. The number of carbonyl (C=O) groups is 1. The summed E-state index contributed by atoms with van der Waals surface area (Å²) in [6.07, 6.45) is 4.83. The highest BCUT2D eigenvalue weighted by molar-refractivity contribution is 6.31. The van der Waals surface area contributed by atoms with Crippen LogP contribution in [0.1, 0.15) is 28.0 Å². The van der Waals surface area contributed by atoms with E-state index in [1.807, 2.05) is 30.3 Å². The van der Waals surface area contributed by atoms with Crippen molar-refractivity contribution in [1.29, 1.82) is 0 Å². The summed E-state index contributed by atoms with van der Waals surface area (Å²) in [6, 6.07) is 14.2. The molecule has 1 aromatic heterocycles. The number of nitrogen functional groups attached to an aromatic ring is 1. The molecule has 0 fully saturated rings. The molecule has 140 valence electrons. The number of aromatic carboxylic acids is 1. The summed E-state index contributed by atoms with van der Waals surface area (Å²) in [4.78, 5) is 16.2. The van der Waals surface area contributed by atoms with Crippen molar-refractivity contribution < 1.29 is 14.3 Å². The molecule has 28 heavy (non-hydrogen) atoms. The molecule has 0 aliphatic heterocycles. The number of aromatic nitrogens is 1. The second-order valence-electron chi connectivity index (χ2n) is 6.64. The van der Waals surface area contributed by atoms with Crippen LogP contribution in [0.15, 0.2) is 66.8 Å². The van der Waals surface area contributed by atoms with Crippen molar-refractivity contribution in [2.24, 2.45) is 0 Å². The molecular weight excluding hydrogens is 379 g/mol. The number of hydrogen-bond donors (Lipinski definition) is 2. The number of rotatable bonds is 3. The van der Waals surface area contributed by atoms with Crippen LogP contribution in [0.2, 0.25) is 5.02 Å². The van der Waals surface area contributed by atoms with Gasteiger partial charge in [-0.2, -0.15) is 0 Å². The van der Waals surface area contributed by atoms with Crippen molar-refractivity contribution in [3.05, 3.63) is 88.6 Å². The lowest BCUT2D eigenvalue weighted by atomic mass is 9.86. The maximum Gasteiger partial charge on any atom is 0.338 e. The van der Waals surface area contributed by atoms with Crippen LogP contribution in [0.25, 0.3) is 16.5 Å². The van der Waals surface area contributed by atoms with E-state index in [4.69, 9.17) is 17.3 Å². The molecule has 1 atom stereocenters. The first kappa shape index (κ1) is 18.2. The Balaban J connectivity index is 1.83. The highest BCUT2D eigenvalue weighted by Crippen LogP contribution is 2.42. The maximum atomic E-state index is 15.8. The van der Waals surface area contributed by atoms with E-state index in [0.29, 0.717) is 10.5 Å². The molecule has 4 nitrogen and oxygen atoms in total. The van der Waals surface area contributed by atoms with Crippen LogP contribution in [-0.2, 0) is 5.67 Å². The number of allylic oxidation sites excluding steroid dienone is 4. The number of anilines is 1. The quantitative estimate of drug-likeness (QED) is 0.625. The third kappa shape index (κ3) is 3.04. The normalized spacial score (nSPS) is 18.9. The third-order valence-corrected chi connectivity index (χ3v) is 5.08. The number of benzene rings is 2. The number of alkyl halides is 1. The minimum atomic E-state index is -2.00. The van der Waals surface area contributed by atoms with Crippen LogP contribution < -0.4 is 5.73 Å². The van der Waals surface area contributed by atoms with Crippen molar-refractivity contribution in [3.63, 3.8) is 0 Å². The Hall–Kier alpha value is -3.18. The summed E-state index contributed by atoms with van der Waals surface area (Å²) in [7, 11) is 0. The van der Waals surface area contributed by atoms with E-state index in [-0.39, 0.29) is 28.8 Å². The molecule has 4 rings (SSSR count). The molecule has 0 bridgehead atoms. The summed E-state index contributed by atoms with van der Waals surface area (Å²) in [5.74, 6) is -1.25. The van der Waals surface area contributed by atoms with Gasteiger partial charge >= 0.3 is 5.97 Å². The lowest BCUT2D eigenvalue weighted by molar-refractivity contribution is 0.0700. The van der Waals surface area contributed by atoms with Crippen LogP contribution >= 0.6 is 11.6 Å². The molecule has 1 aliphatic rings. The zero-order valence-corrected chi connectivity index (χ0v) is 15.4. The van der Waals surface area contributed by atoms with Crippen molar-refractivity contribution in [2.75, 3.05) is 5.73 Å². The monoisotopic (exact) mass is 394 g/mol. The SMILES string of the molecule is Nc1c(C2(F)C=CC(c3ccccc3)=CC2)nc2ccc(Cl)cc2c1C(=O)O. The smallest absolute Gasteiger partial charge is 0.338 e. The van der Waals surface area contributed by atoms with E-state index in [1.165, 1.54) is 12.1 Å². The highest BCUT2D eigenvalue weighted by Gasteiger charge is 2.36. The fraction of sp³-hybridized carbons (Fsp3) is 0.0909. The largest absolute Gasteiger partial charge is 0.478 e. The Kier molecular flexibility index (Phi) is 4.40. The van der Waals surface area contributed by atoms with Crippen LogP contribution in [0.4, 0.5) is 10.1 Å². The first-order chi connectivity index (χ1) is 13.4. The number of fused-ring (bicyclic) bond motifs is 1. The summed E-state index contributed by atoms with van der Waals surface area (Å²) >= 11 is 5.98. The summed E-state index contributed by atoms with van der Waals surface area (Å²) in [5, 5.41) is 10.3. The van der Waals surface area contributed by atoms with Gasteiger partial charge in [0.25, 0.3) is 0 Å². The van der Waals surface area contributed by atoms with E-state index in [0.717, 1.165) is 11.1 Å². The lowest BCUT2D eigenvalue weighted by Gasteiger charge is -2.26. The minimum Gasteiger partial charge on any atom is -0.478 e. The Morgan fingerprint density at radius 2 is 1.96 bits per heavy atom. The number of carboxylic acids is 1. The highest BCUT2D eigenvalue weighted by atomic mass is 35.5. The lowest BCUT2D eigenvalue weighted by Crippen LogP contribution is -2.24. The van der Waals surface area contributed by atoms with Crippen molar-refractivity contribution in [1.82, 2.24) is 4.98 Å². The minimum absolute atomic E-state index is 0.00306. The maximum absolute atomic E-state index is 15.8. The molecule has 1 aliphatic carbocycles. The van der Waals surface area contributed by atoms with Gasteiger partial charge in [0.05, 0.1) is 16.8 Å². The van der Waals surface area contributed by atoms with Gasteiger partial charge in [-0.05, 0) is 35.4 Å². The predicted octanol–water partition coefficient (Wildman–Crippen LogP) is 5.38. The van der Waals surface area contributed by atoms with E-state index in [1.54, 1.807) is 24.3 Å². The standard InChI is InChI=1S/C22H16ClFN2O2/c23-15-6-7-17-16(12-15)18(21(27)28)19(25)20(26-17)22(24)10-8-14(9-11-22)13-4-2-1-3-5-13/h1-10,12H,11,25H2,(H,27,28). The Morgan fingerprint density at radius 1 is 1.21 bits per heavy atom. The molecular formula is C22H16ClFN2O2. The fourth-order valence-corrected chi connectivity index (χ4v) is 3.61. The van der Waals surface area contributed by atoms with Gasteiger partial charge < -0.3 is 10.8 Å².